The summed E-state index contributed by atoms with van der Waals surface area (Å²) >= 11 is 0. The first kappa shape index (κ1) is 20.2. The zero-order valence-electron chi connectivity index (χ0n) is 18.6. The molecule has 0 aliphatic carbocycles. The van der Waals surface area contributed by atoms with Crippen molar-refractivity contribution in [3.63, 3.8) is 0 Å². The lowest BCUT2D eigenvalue weighted by Gasteiger charge is -2.23. The van der Waals surface area contributed by atoms with Crippen LogP contribution in [-0.2, 0) is 5.41 Å². The van der Waals surface area contributed by atoms with E-state index in [4.69, 9.17) is 9.15 Å². The minimum Gasteiger partial charge on any atom is -0.490 e. The molecule has 0 spiro atoms. The van der Waals surface area contributed by atoms with Gasteiger partial charge in [0.15, 0.2) is 5.58 Å². The highest BCUT2D eigenvalue weighted by Gasteiger charge is 2.39. The average Bonchev–Trinajstić information content (AvgIpc) is 3.47. The summed E-state index contributed by atoms with van der Waals surface area (Å²) in [5.41, 5.74) is 5.47. The van der Waals surface area contributed by atoms with Gasteiger partial charge in [0.2, 0.25) is 5.89 Å². The first-order valence-corrected chi connectivity index (χ1v) is 11.2. The molecule has 6 rings (SSSR count). The van der Waals surface area contributed by atoms with Crippen LogP contribution in [-0.4, -0.2) is 17.5 Å². The summed E-state index contributed by atoms with van der Waals surface area (Å²) in [6.45, 7) is 2.61. The van der Waals surface area contributed by atoms with E-state index in [0.29, 0.717) is 29.5 Å². The molecule has 0 bridgehead atoms. The van der Waals surface area contributed by atoms with Gasteiger partial charge in [-0.15, -0.1) is 0 Å². The minimum absolute atomic E-state index is 0.164. The van der Waals surface area contributed by atoms with E-state index in [9.17, 15) is 4.79 Å². The number of nitrogens with zero attached hydrogens (tertiary/aromatic N) is 1. The molecule has 0 fully saturated rings. The third-order valence-electron chi connectivity index (χ3n) is 6.45. The lowest BCUT2D eigenvalue weighted by molar-refractivity contribution is 0.102. The maximum atomic E-state index is 12.7. The van der Waals surface area contributed by atoms with Gasteiger partial charge in [0.05, 0.1) is 11.1 Å². The van der Waals surface area contributed by atoms with Gasteiger partial charge in [-0.25, -0.2) is 4.98 Å². The molecule has 1 amide bonds. The van der Waals surface area contributed by atoms with Gasteiger partial charge in [0.1, 0.15) is 17.9 Å². The number of ether oxygens (including phenoxy) is 1. The lowest BCUT2D eigenvalue weighted by atomic mass is 9.78. The number of benzene rings is 4. The normalized spacial score (nSPS) is 16.7. The predicted octanol–water partition coefficient (Wildman–Crippen LogP) is 6.45. The maximum Gasteiger partial charge on any atom is 0.255 e. The number of amides is 1. The van der Waals surface area contributed by atoms with Crippen molar-refractivity contribution < 1.29 is 13.9 Å². The van der Waals surface area contributed by atoms with Crippen LogP contribution in [0.2, 0.25) is 0 Å². The van der Waals surface area contributed by atoms with Crippen molar-refractivity contribution in [2.45, 2.75) is 12.3 Å². The maximum absolute atomic E-state index is 12.7. The first-order valence-electron chi connectivity index (χ1n) is 11.2. The van der Waals surface area contributed by atoms with Crippen LogP contribution in [0.4, 0.5) is 5.69 Å². The fraction of sp³-hybridized carbons (Fsp3) is 0.103. The zero-order valence-corrected chi connectivity index (χ0v) is 18.6. The molecule has 5 heteroatoms. The fourth-order valence-corrected chi connectivity index (χ4v) is 4.51. The quantitative estimate of drug-likeness (QED) is 0.345. The second-order valence-corrected chi connectivity index (χ2v) is 8.69. The molecule has 2 heterocycles. The molecule has 5 aromatic rings. The van der Waals surface area contributed by atoms with E-state index in [1.54, 1.807) is 12.1 Å². The number of rotatable bonds is 4. The summed E-state index contributed by atoms with van der Waals surface area (Å²) in [6.07, 6.45) is 0. The Morgan fingerprint density at radius 3 is 2.47 bits per heavy atom. The Balaban J connectivity index is 1.35. The molecule has 1 atom stereocenters. The Morgan fingerprint density at radius 2 is 1.68 bits per heavy atom. The van der Waals surface area contributed by atoms with E-state index in [-0.39, 0.29) is 5.91 Å². The van der Waals surface area contributed by atoms with Gasteiger partial charge < -0.3 is 14.5 Å². The van der Waals surface area contributed by atoms with Crippen LogP contribution in [0.3, 0.4) is 0 Å². The molecule has 1 aliphatic heterocycles. The largest absolute Gasteiger partial charge is 0.490 e. The molecular formula is C29H22N2O3. The summed E-state index contributed by atoms with van der Waals surface area (Å²) in [5.74, 6) is 1.14. The molecule has 0 radical (unpaired) electrons. The molecule has 0 saturated carbocycles. The van der Waals surface area contributed by atoms with Crippen molar-refractivity contribution in [1.29, 1.82) is 0 Å². The van der Waals surface area contributed by atoms with E-state index in [1.807, 2.05) is 72.8 Å². The van der Waals surface area contributed by atoms with Gasteiger partial charge in [-0.3, -0.25) is 4.79 Å². The average molecular weight is 447 g/mol. The van der Waals surface area contributed by atoms with Crippen molar-refractivity contribution in [2.75, 3.05) is 11.9 Å². The molecule has 1 aliphatic rings. The van der Waals surface area contributed by atoms with Gasteiger partial charge in [-0.2, -0.15) is 0 Å². The molecule has 5 nitrogen and oxygen atoms in total. The summed E-state index contributed by atoms with van der Waals surface area (Å²) in [4.78, 5) is 17.4. The number of carbonyl (C=O) groups is 1. The molecule has 1 unspecified atom stereocenters. The third-order valence-corrected chi connectivity index (χ3v) is 6.45. The number of anilines is 1. The van der Waals surface area contributed by atoms with Crippen LogP contribution in [0.5, 0.6) is 5.75 Å². The van der Waals surface area contributed by atoms with Crippen LogP contribution in [0, 0.1) is 0 Å². The number of para-hydroxylation sites is 1. The van der Waals surface area contributed by atoms with Gasteiger partial charge in [-0.1, -0.05) is 54.6 Å². The number of fused-ring (bicyclic) bond motifs is 2. The second kappa shape index (κ2) is 7.89. The summed E-state index contributed by atoms with van der Waals surface area (Å²) in [5, 5.41) is 3.01. The van der Waals surface area contributed by atoms with Crippen molar-refractivity contribution >= 4 is 22.7 Å². The summed E-state index contributed by atoms with van der Waals surface area (Å²) in [6, 6.07) is 31.0. The second-order valence-electron chi connectivity index (χ2n) is 8.69. The van der Waals surface area contributed by atoms with Crippen molar-refractivity contribution in [1.82, 2.24) is 4.98 Å². The number of aromatic nitrogens is 1. The smallest absolute Gasteiger partial charge is 0.255 e. The van der Waals surface area contributed by atoms with Crippen LogP contribution >= 0.6 is 0 Å². The Bertz CT molecular complexity index is 1510. The van der Waals surface area contributed by atoms with Gasteiger partial charge in [0.25, 0.3) is 5.91 Å². The van der Waals surface area contributed by atoms with E-state index in [0.717, 1.165) is 27.8 Å². The number of oxazole rings is 1. The van der Waals surface area contributed by atoms with Crippen molar-refractivity contribution in [3.05, 3.63) is 114 Å². The Labute approximate surface area is 197 Å². The number of carbonyl (C=O) groups excluding carboxylic acids is 1. The van der Waals surface area contributed by atoms with E-state index in [2.05, 4.69) is 29.4 Å². The van der Waals surface area contributed by atoms with Crippen LogP contribution < -0.4 is 10.1 Å². The third kappa shape index (κ3) is 3.33. The zero-order chi connectivity index (χ0) is 23.1. The molecule has 1 aromatic heterocycles. The lowest BCUT2D eigenvalue weighted by Crippen LogP contribution is -2.25. The molecule has 34 heavy (non-hydrogen) atoms. The minimum atomic E-state index is -0.392. The number of hydrogen-bond donors (Lipinski definition) is 1. The molecule has 1 N–H and O–H groups in total. The highest BCUT2D eigenvalue weighted by molar-refractivity contribution is 6.05. The van der Waals surface area contributed by atoms with E-state index in [1.165, 1.54) is 0 Å². The predicted molar refractivity (Wildman–Crippen MR) is 132 cm³/mol. The topological polar surface area (TPSA) is 64.4 Å². The summed E-state index contributed by atoms with van der Waals surface area (Å²) < 4.78 is 12.3. The first-order chi connectivity index (χ1) is 16.6. The van der Waals surface area contributed by atoms with E-state index < -0.39 is 5.41 Å². The van der Waals surface area contributed by atoms with Gasteiger partial charge in [-0.05, 0) is 55.0 Å². The standard InChI is InChI=1S/C29H22N2O3/c1-29(21-15-16-23-25(17-21)34-28(31-23)20-11-6-3-7-12-20)18-33-26-22(29)13-8-14-24(26)30-27(32)19-9-4-2-5-10-19/h2-17H,18H2,1H3,(H,30,32). The fourth-order valence-electron chi connectivity index (χ4n) is 4.51. The SMILES string of the molecule is CC1(c2ccc3nc(-c4ccccc4)oc3c2)COc2c(NC(=O)c3ccccc3)cccc21. The number of nitrogens with one attached hydrogen (secondary N) is 1. The molecule has 0 saturated heterocycles. The molecular weight excluding hydrogens is 424 g/mol. The Morgan fingerprint density at radius 1 is 0.912 bits per heavy atom. The molecule has 4 aromatic carbocycles. The monoisotopic (exact) mass is 446 g/mol. The van der Waals surface area contributed by atoms with Crippen LogP contribution in [0.1, 0.15) is 28.4 Å². The summed E-state index contributed by atoms with van der Waals surface area (Å²) in [7, 11) is 0. The van der Waals surface area contributed by atoms with E-state index >= 15 is 0 Å². The van der Waals surface area contributed by atoms with Crippen molar-refractivity contribution in [3.8, 4) is 17.2 Å². The highest BCUT2D eigenvalue weighted by Crippen LogP contribution is 2.47. The van der Waals surface area contributed by atoms with Gasteiger partial charge >= 0.3 is 0 Å². The van der Waals surface area contributed by atoms with Crippen molar-refractivity contribution in [2.24, 2.45) is 0 Å². The van der Waals surface area contributed by atoms with Crippen LogP contribution in [0.25, 0.3) is 22.6 Å². The molecule has 166 valence electrons. The number of hydrogen-bond acceptors (Lipinski definition) is 4. The van der Waals surface area contributed by atoms with Gasteiger partial charge in [0, 0.05) is 16.7 Å². The highest BCUT2D eigenvalue weighted by atomic mass is 16.5. The Kier molecular flexibility index (Phi) is 4.69. The Hall–Kier alpha value is -4.38. The van der Waals surface area contributed by atoms with Crippen LogP contribution in [0.15, 0.2) is 101 Å².